The SMILES string of the molecule is CC(C)N(CCNc1cncc(N)n1)C(C)C. The van der Waals surface area contributed by atoms with Gasteiger partial charge in [-0.15, -0.1) is 0 Å². The highest BCUT2D eigenvalue weighted by atomic mass is 15.2. The van der Waals surface area contributed by atoms with E-state index in [2.05, 4.69) is 47.9 Å². The van der Waals surface area contributed by atoms with Crippen molar-refractivity contribution >= 4 is 11.6 Å². The van der Waals surface area contributed by atoms with E-state index < -0.39 is 0 Å². The second kappa shape index (κ2) is 6.39. The summed E-state index contributed by atoms with van der Waals surface area (Å²) in [7, 11) is 0. The predicted octanol–water partition coefficient (Wildman–Crippen LogP) is 1.59. The van der Waals surface area contributed by atoms with Gasteiger partial charge in [-0.05, 0) is 27.7 Å². The van der Waals surface area contributed by atoms with Crippen molar-refractivity contribution in [2.75, 3.05) is 24.1 Å². The van der Waals surface area contributed by atoms with Gasteiger partial charge in [0, 0.05) is 25.2 Å². The van der Waals surface area contributed by atoms with Crippen LogP contribution in [0.3, 0.4) is 0 Å². The van der Waals surface area contributed by atoms with Gasteiger partial charge in [-0.2, -0.15) is 0 Å². The second-order valence-corrected chi connectivity index (χ2v) is 4.68. The number of nitrogens with one attached hydrogen (secondary N) is 1. The molecule has 0 amide bonds. The smallest absolute Gasteiger partial charge is 0.146 e. The van der Waals surface area contributed by atoms with Crippen molar-refractivity contribution in [1.29, 1.82) is 0 Å². The van der Waals surface area contributed by atoms with Crippen molar-refractivity contribution in [1.82, 2.24) is 14.9 Å². The Kier molecular flexibility index (Phi) is 5.15. The lowest BCUT2D eigenvalue weighted by molar-refractivity contribution is 0.182. The minimum Gasteiger partial charge on any atom is -0.382 e. The van der Waals surface area contributed by atoms with E-state index in [0.29, 0.717) is 17.9 Å². The number of nitrogens with zero attached hydrogens (tertiary/aromatic N) is 3. The zero-order chi connectivity index (χ0) is 12.8. The number of nitrogen functional groups attached to an aromatic ring is 1. The van der Waals surface area contributed by atoms with E-state index in [1.54, 1.807) is 12.4 Å². The van der Waals surface area contributed by atoms with Gasteiger partial charge in [0.05, 0.1) is 12.4 Å². The van der Waals surface area contributed by atoms with Crippen LogP contribution in [-0.4, -0.2) is 40.0 Å². The molecule has 0 atom stereocenters. The zero-order valence-electron chi connectivity index (χ0n) is 11.1. The molecule has 5 heteroatoms. The van der Waals surface area contributed by atoms with Crippen molar-refractivity contribution < 1.29 is 0 Å². The minimum absolute atomic E-state index is 0.444. The first-order chi connectivity index (χ1) is 8.00. The Morgan fingerprint density at radius 2 is 1.88 bits per heavy atom. The monoisotopic (exact) mass is 237 g/mol. The van der Waals surface area contributed by atoms with Gasteiger partial charge in [-0.25, -0.2) is 4.98 Å². The maximum absolute atomic E-state index is 5.56. The van der Waals surface area contributed by atoms with E-state index >= 15 is 0 Å². The van der Waals surface area contributed by atoms with Crippen LogP contribution in [0.2, 0.25) is 0 Å². The average Bonchev–Trinajstić information content (AvgIpc) is 2.23. The molecule has 0 fully saturated rings. The molecule has 0 spiro atoms. The maximum Gasteiger partial charge on any atom is 0.146 e. The highest BCUT2D eigenvalue weighted by Crippen LogP contribution is 2.06. The molecule has 1 rings (SSSR count). The van der Waals surface area contributed by atoms with Crippen LogP contribution in [0.1, 0.15) is 27.7 Å². The lowest BCUT2D eigenvalue weighted by Gasteiger charge is -2.30. The Morgan fingerprint density at radius 1 is 1.24 bits per heavy atom. The first-order valence-electron chi connectivity index (χ1n) is 6.08. The molecule has 1 aromatic heterocycles. The Labute approximate surface area is 103 Å². The Morgan fingerprint density at radius 3 is 2.41 bits per heavy atom. The van der Waals surface area contributed by atoms with Crippen molar-refractivity contribution in [3.8, 4) is 0 Å². The third-order valence-corrected chi connectivity index (χ3v) is 2.66. The van der Waals surface area contributed by atoms with E-state index in [1.165, 1.54) is 0 Å². The minimum atomic E-state index is 0.444. The predicted molar refractivity (Wildman–Crippen MR) is 71.9 cm³/mol. The molecule has 1 aromatic rings. The van der Waals surface area contributed by atoms with Gasteiger partial charge in [0.1, 0.15) is 11.6 Å². The topological polar surface area (TPSA) is 67.1 Å². The molecule has 0 saturated heterocycles. The van der Waals surface area contributed by atoms with Crippen molar-refractivity contribution in [3.63, 3.8) is 0 Å². The summed E-state index contributed by atoms with van der Waals surface area (Å²) in [6.07, 6.45) is 3.23. The molecule has 17 heavy (non-hydrogen) atoms. The first kappa shape index (κ1) is 13.7. The van der Waals surface area contributed by atoms with E-state index in [1.807, 2.05) is 0 Å². The van der Waals surface area contributed by atoms with E-state index in [4.69, 9.17) is 5.73 Å². The quantitative estimate of drug-likeness (QED) is 0.786. The van der Waals surface area contributed by atoms with Gasteiger partial charge < -0.3 is 11.1 Å². The molecule has 0 aliphatic heterocycles. The molecule has 0 unspecified atom stereocenters. The van der Waals surface area contributed by atoms with Gasteiger partial charge in [0.2, 0.25) is 0 Å². The van der Waals surface area contributed by atoms with Crippen molar-refractivity contribution in [2.45, 2.75) is 39.8 Å². The van der Waals surface area contributed by atoms with Gasteiger partial charge in [-0.3, -0.25) is 9.88 Å². The van der Waals surface area contributed by atoms with Crippen LogP contribution in [0.25, 0.3) is 0 Å². The van der Waals surface area contributed by atoms with E-state index in [-0.39, 0.29) is 0 Å². The summed E-state index contributed by atoms with van der Waals surface area (Å²) in [4.78, 5) is 10.6. The number of hydrogen-bond donors (Lipinski definition) is 2. The van der Waals surface area contributed by atoms with E-state index in [9.17, 15) is 0 Å². The average molecular weight is 237 g/mol. The Balaban J connectivity index is 2.41. The largest absolute Gasteiger partial charge is 0.382 e. The fraction of sp³-hybridized carbons (Fsp3) is 0.667. The number of anilines is 2. The Hall–Kier alpha value is -1.36. The summed E-state index contributed by atoms with van der Waals surface area (Å²) < 4.78 is 0. The molecule has 5 nitrogen and oxygen atoms in total. The third kappa shape index (κ3) is 4.56. The van der Waals surface area contributed by atoms with Gasteiger partial charge in [-0.1, -0.05) is 0 Å². The molecular formula is C12H23N5. The summed E-state index contributed by atoms with van der Waals surface area (Å²) in [6.45, 7) is 10.7. The third-order valence-electron chi connectivity index (χ3n) is 2.66. The lowest BCUT2D eigenvalue weighted by atomic mass is 10.2. The van der Waals surface area contributed by atoms with Crippen LogP contribution in [0.5, 0.6) is 0 Å². The molecule has 0 aromatic carbocycles. The summed E-state index contributed by atoms with van der Waals surface area (Å²) in [5.74, 6) is 1.18. The van der Waals surface area contributed by atoms with Crippen LogP contribution in [-0.2, 0) is 0 Å². The standard InChI is InChI=1S/C12H23N5/c1-9(2)17(10(3)4)6-5-15-12-8-14-7-11(13)16-12/h7-10H,5-6H2,1-4H3,(H3,13,15,16). The summed E-state index contributed by atoms with van der Waals surface area (Å²) in [5.41, 5.74) is 5.56. The second-order valence-electron chi connectivity index (χ2n) is 4.68. The van der Waals surface area contributed by atoms with Crippen LogP contribution in [0.15, 0.2) is 12.4 Å². The number of nitrogens with two attached hydrogens (primary N) is 1. The van der Waals surface area contributed by atoms with E-state index in [0.717, 1.165) is 18.9 Å². The van der Waals surface area contributed by atoms with Crippen molar-refractivity contribution in [2.24, 2.45) is 0 Å². The Bertz CT molecular complexity index is 329. The first-order valence-corrected chi connectivity index (χ1v) is 6.08. The number of hydrogen-bond acceptors (Lipinski definition) is 5. The van der Waals surface area contributed by atoms with Crippen molar-refractivity contribution in [3.05, 3.63) is 12.4 Å². The maximum atomic E-state index is 5.56. The molecule has 0 bridgehead atoms. The molecule has 0 radical (unpaired) electrons. The summed E-state index contributed by atoms with van der Waals surface area (Å²) >= 11 is 0. The molecule has 0 aliphatic rings. The molecule has 0 saturated carbocycles. The molecule has 0 aliphatic carbocycles. The fourth-order valence-electron chi connectivity index (χ4n) is 1.89. The molecule has 3 N–H and O–H groups in total. The molecule has 1 heterocycles. The van der Waals surface area contributed by atoms with Gasteiger partial charge in [0.25, 0.3) is 0 Å². The van der Waals surface area contributed by atoms with Crippen LogP contribution in [0.4, 0.5) is 11.6 Å². The van der Waals surface area contributed by atoms with Gasteiger partial charge >= 0.3 is 0 Å². The number of rotatable bonds is 6. The summed E-state index contributed by atoms with van der Waals surface area (Å²) in [6, 6.07) is 1.09. The number of aromatic nitrogens is 2. The zero-order valence-corrected chi connectivity index (χ0v) is 11.1. The van der Waals surface area contributed by atoms with Gasteiger partial charge in [0.15, 0.2) is 0 Å². The molecular weight excluding hydrogens is 214 g/mol. The summed E-state index contributed by atoms with van der Waals surface area (Å²) in [5, 5.41) is 3.23. The van der Waals surface area contributed by atoms with Crippen LogP contribution >= 0.6 is 0 Å². The fourth-order valence-corrected chi connectivity index (χ4v) is 1.89. The highest BCUT2D eigenvalue weighted by Gasteiger charge is 2.12. The highest BCUT2D eigenvalue weighted by molar-refractivity contribution is 5.38. The normalized spacial score (nSPS) is 11.5. The lowest BCUT2D eigenvalue weighted by Crippen LogP contribution is -2.40. The molecule has 96 valence electrons. The van der Waals surface area contributed by atoms with Crippen LogP contribution in [0, 0.1) is 0 Å². The van der Waals surface area contributed by atoms with Crippen LogP contribution < -0.4 is 11.1 Å².